The molecule has 0 aromatic carbocycles. The molecule has 0 rings (SSSR count). The lowest BCUT2D eigenvalue weighted by Crippen LogP contribution is -2.03. The molecule has 0 saturated heterocycles. The predicted octanol–water partition coefficient (Wildman–Crippen LogP) is -0.680. The molecule has 0 aromatic heterocycles. The second-order valence-electron chi connectivity index (χ2n) is 1.51. The van der Waals surface area contributed by atoms with Crippen molar-refractivity contribution in [2.75, 3.05) is 6.61 Å². The van der Waals surface area contributed by atoms with E-state index in [-0.39, 0.29) is 19.4 Å². The average molecular weight is 166 g/mol. The van der Waals surface area contributed by atoms with E-state index in [1.54, 1.807) is 0 Å². The summed E-state index contributed by atoms with van der Waals surface area (Å²) in [7, 11) is -3.09. The summed E-state index contributed by atoms with van der Waals surface area (Å²) in [5.41, 5.74) is 0. The molecule has 0 aromatic rings. The van der Waals surface area contributed by atoms with Crippen LogP contribution in [0.15, 0.2) is 0 Å². The third-order valence-corrected chi connectivity index (χ3v) is 1.07. The molecule has 0 radical (unpaired) electrons. The Hall–Kier alpha value is -0.510. The Morgan fingerprint density at radius 2 is 2.30 bits per heavy atom. The van der Waals surface area contributed by atoms with Crippen LogP contribution in [0.4, 0.5) is 0 Å². The Kier molecular flexibility index (Phi) is 5.02. The highest BCUT2D eigenvalue weighted by atomic mass is 31.1. The van der Waals surface area contributed by atoms with Crippen molar-refractivity contribution in [3.05, 3.63) is 0 Å². The van der Waals surface area contributed by atoms with Gasteiger partial charge in [0, 0.05) is 6.61 Å². The maximum atomic E-state index is 10.3. The van der Waals surface area contributed by atoms with Gasteiger partial charge in [0.15, 0.2) is 0 Å². The SMILES string of the molecule is O=C(CCCO)O[P+](=O)[O-]. The van der Waals surface area contributed by atoms with Gasteiger partial charge in [-0.1, -0.05) is 0 Å². The molecule has 0 aliphatic heterocycles. The molecular weight excluding hydrogens is 159 g/mol. The van der Waals surface area contributed by atoms with Crippen LogP contribution >= 0.6 is 8.25 Å². The van der Waals surface area contributed by atoms with Crippen molar-refractivity contribution in [1.29, 1.82) is 0 Å². The Bertz CT molecular complexity index is 134. The van der Waals surface area contributed by atoms with Crippen molar-refractivity contribution in [2.45, 2.75) is 12.8 Å². The minimum absolute atomic E-state index is 0.0696. The normalized spacial score (nSPS) is 10.8. The van der Waals surface area contributed by atoms with Crippen LogP contribution in [-0.2, 0) is 13.9 Å². The number of hydrogen-bond donors (Lipinski definition) is 1. The molecule has 5 nitrogen and oxygen atoms in total. The summed E-state index contributed by atoms with van der Waals surface area (Å²) in [6.45, 7) is -0.148. The fourth-order valence-corrected chi connectivity index (χ4v) is 0.610. The van der Waals surface area contributed by atoms with Gasteiger partial charge in [0.1, 0.15) is 0 Å². The number of carbonyl (C=O) groups is 1. The fourth-order valence-electron chi connectivity index (χ4n) is 0.352. The van der Waals surface area contributed by atoms with Gasteiger partial charge in [0.25, 0.3) is 0 Å². The molecule has 0 aliphatic carbocycles. The summed E-state index contributed by atoms with van der Waals surface area (Å²) in [6, 6.07) is 0. The van der Waals surface area contributed by atoms with Crippen LogP contribution in [0, 0.1) is 0 Å². The lowest BCUT2D eigenvalue weighted by Gasteiger charge is -1.90. The molecule has 58 valence electrons. The predicted molar refractivity (Wildman–Crippen MR) is 30.0 cm³/mol. The molecule has 0 bridgehead atoms. The van der Waals surface area contributed by atoms with E-state index in [0.717, 1.165) is 0 Å². The first-order chi connectivity index (χ1) is 4.66. The zero-order valence-electron chi connectivity index (χ0n) is 5.15. The zero-order valence-corrected chi connectivity index (χ0v) is 6.04. The first-order valence-electron chi connectivity index (χ1n) is 2.63. The van der Waals surface area contributed by atoms with Crippen molar-refractivity contribution < 1.29 is 23.9 Å². The lowest BCUT2D eigenvalue weighted by molar-refractivity contribution is -0.188. The highest BCUT2D eigenvalue weighted by Gasteiger charge is 2.10. The van der Waals surface area contributed by atoms with Crippen molar-refractivity contribution in [3.63, 3.8) is 0 Å². The summed E-state index contributed by atoms with van der Waals surface area (Å²) >= 11 is 0. The van der Waals surface area contributed by atoms with E-state index in [2.05, 4.69) is 4.52 Å². The Balaban J connectivity index is 3.35. The Morgan fingerprint density at radius 1 is 1.70 bits per heavy atom. The molecule has 1 unspecified atom stereocenters. The van der Waals surface area contributed by atoms with Gasteiger partial charge < -0.3 is 10.00 Å². The van der Waals surface area contributed by atoms with Crippen LogP contribution in [0.1, 0.15) is 12.8 Å². The number of carbonyl (C=O) groups excluding carboxylic acids is 1. The lowest BCUT2D eigenvalue weighted by atomic mass is 10.3. The van der Waals surface area contributed by atoms with E-state index >= 15 is 0 Å². The van der Waals surface area contributed by atoms with Gasteiger partial charge in [-0.3, -0.25) is 0 Å². The third kappa shape index (κ3) is 5.62. The minimum Gasteiger partial charge on any atom is -0.558 e. The molecule has 6 heteroatoms. The topological polar surface area (TPSA) is 86.7 Å². The first-order valence-corrected chi connectivity index (χ1v) is 3.72. The quantitative estimate of drug-likeness (QED) is 0.559. The first kappa shape index (κ1) is 9.49. The van der Waals surface area contributed by atoms with Gasteiger partial charge in [-0.2, -0.15) is 0 Å². The average Bonchev–Trinajstić information content (AvgIpc) is 1.82. The Morgan fingerprint density at radius 3 is 2.70 bits per heavy atom. The van der Waals surface area contributed by atoms with Gasteiger partial charge in [-0.25, -0.2) is 9.32 Å². The molecule has 0 heterocycles. The van der Waals surface area contributed by atoms with Gasteiger partial charge in [0.2, 0.25) is 0 Å². The third-order valence-electron chi connectivity index (χ3n) is 0.715. The van der Waals surface area contributed by atoms with Crippen LogP contribution in [0.2, 0.25) is 0 Å². The standard InChI is InChI=1S/C4H7O5P/c5-3-1-2-4(6)9-10(7)8/h5H,1-3H2. The van der Waals surface area contributed by atoms with Crippen LogP contribution in [0.25, 0.3) is 0 Å². The van der Waals surface area contributed by atoms with Crippen LogP contribution in [0.5, 0.6) is 0 Å². The highest BCUT2D eigenvalue weighted by molar-refractivity contribution is 7.31. The molecule has 10 heavy (non-hydrogen) atoms. The molecule has 1 N–H and O–H groups in total. The van der Waals surface area contributed by atoms with Crippen LogP contribution in [-0.4, -0.2) is 17.7 Å². The van der Waals surface area contributed by atoms with Gasteiger partial charge in [-0.15, -0.1) is 0 Å². The van der Waals surface area contributed by atoms with E-state index in [4.69, 9.17) is 5.11 Å². The second kappa shape index (κ2) is 5.29. The smallest absolute Gasteiger partial charge is 0.542 e. The molecule has 0 aliphatic rings. The monoisotopic (exact) mass is 166 g/mol. The number of aliphatic hydroxyl groups is 1. The van der Waals surface area contributed by atoms with E-state index in [1.807, 2.05) is 0 Å². The summed E-state index contributed by atoms with van der Waals surface area (Å²) in [5.74, 6) is -0.829. The summed E-state index contributed by atoms with van der Waals surface area (Å²) in [4.78, 5) is 20.0. The van der Waals surface area contributed by atoms with Crippen molar-refractivity contribution >= 4 is 14.2 Å². The minimum atomic E-state index is -3.09. The maximum absolute atomic E-state index is 10.3. The van der Waals surface area contributed by atoms with E-state index in [1.165, 1.54) is 0 Å². The summed E-state index contributed by atoms with van der Waals surface area (Å²) in [5, 5.41) is 8.19. The van der Waals surface area contributed by atoms with Crippen molar-refractivity contribution in [3.8, 4) is 0 Å². The van der Waals surface area contributed by atoms with Crippen molar-refractivity contribution in [2.24, 2.45) is 0 Å². The molecule has 0 spiro atoms. The number of rotatable bonds is 4. The number of hydrogen-bond acceptors (Lipinski definition) is 5. The van der Waals surface area contributed by atoms with Crippen LogP contribution in [0.3, 0.4) is 0 Å². The summed E-state index contributed by atoms with van der Waals surface area (Å²) in [6.07, 6.45) is 0.155. The van der Waals surface area contributed by atoms with Gasteiger partial charge in [0.05, 0.1) is 6.42 Å². The van der Waals surface area contributed by atoms with E-state index in [0.29, 0.717) is 0 Å². The fraction of sp³-hybridized carbons (Fsp3) is 0.750. The van der Waals surface area contributed by atoms with Crippen LogP contribution < -0.4 is 4.89 Å². The van der Waals surface area contributed by atoms with Gasteiger partial charge >= 0.3 is 14.2 Å². The van der Waals surface area contributed by atoms with E-state index in [9.17, 15) is 14.3 Å². The number of aliphatic hydroxyl groups excluding tert-OH is 1. The van der Waals surface area contributed by atoms with E-state index < -0.39 is 14.2 Å². The molecule has 1 atom stereocenters. The molecule has 0 saturated carbocycles. The molecule has 0 amide bonds. The largest absolute Gasteiger partial charge is 0.558 e. The Labute approximate surface area is 58.6 Å². The second-order valence-corrected chi connectivity index (χ2v) is 2.14. The highest BCUT2D eigenvalue weighted by Crippen LogP contribution is 2.10. The maximum Gasteiger partial charge on any atom is 0.542 e. The van der Waals surface area contributed by atoms with Gasteiger partial charge in [-0.05, 0) is 11.0 Å². The molecular formula is C4H7O5P. The zero-order chi connectivity index (χ0) is 7.98. The van der Waals surface area contributed by atoms with Crippen molar-refractivity contribution in [1.82, 2.24) is 0 Å². The summed E-state index contributed by atoms with van der Waals surface area (Å²) < 4.78 is 13.5. The molecule has 0 fully saturated rings.